The van der Waals surface area contributed by atoms with E-state index in [0.717, 1.165) is 12.1 Å². The van der Waals surface area contributed by atoms with Gasteiger partial charge in [0, 0.05) is 21.7 Å². The van der Waals surface area contributed by atoms with E-state index in [1.807, 2.05) is 13.0 Å². The zero-order chi connectivity index (χ0) is 14.5. The van der Waals surface area contributed by atoms with Crippen molar-refractivity contribution in [1.29, 1.82) is 0 Å². The highest BCUT2D eigenvalue weighted by atomic mass is 35.5. The molecule has 0 radical (unpaired) electrons. The fraction of sp³-hybridized carbons (Fsp3) is 0.250. The van der Waals surface area contributed by atoms with Crippen LogP contribution in [-0.2, 0) is 6.42 Å². The molecule has 1 unspecified atom stereocenters. The molecule has 0 saturated heterocycles. The summed E-state index contributed by atoms with van der Waals surface area (Å²) >= 11 is 12.4. The van der Waals surface area contributed by atoms with E-state index in [0.29, 0.717) is 22.0 Å². The van der Waals surface area contributed by atoms with E-state index in [9.17, 15) is 4.39 Å². The van der Waals surface area contributed by atoms with Gasteiger partial charge in [0.15, 0.2) is 0 Å². The minimum Gasteiger partial charge on any atom is -0.310 e. The van der Waals surface area contributed by atoms with Crippen LogP contribution in [0.25, 0.3) is 0 Å². The quantitative estimate of drug-likeness (QED) is 0.817. The van der Waals surface area contributed by atoms with Crippen LogP contribution in [0.2, 0.25) is 10.0 Å². The molecule has 0 saturated carbocycles. The van der Waals surface area contributed by atoms with E-state index in [4.69, 9.17) is 23.2 Å². The van der Waals surface area contributed by atoms with Crippen LogP contribution in [0, 0.1) is 5.82 Å². The van der Waals surface area contributed by atoms with Crippen LogP contribution in [0.5, 0.6) is 0 Å². The van der Waals surface area contributed by atoms with Crippen LogP contribution in [0.3, 0.4) is 0 Å². The number of likely N-dealkylation sites (N-methyl/N-ethyl adjacent to an activating group) is 1. The lowest BCUT2D eigenvalue weighted by Gasteiger charge is -2.20. The molecule has 0 fully saturated rings. The van der Waals surface area contributed by atoms with E-state index in [2.05, 4.69) is 5.32 Å². The van der Waals surface area contributed by atoms with Crippen molar-refractivity contribution in [1.82, 2.24) is 5.32 Å². The number of hydrogen-bond acceptors (Lipinski definition) is 1. The number of nitrogens with one attached hydrogen (secondary N) is 1. The molecular weight excluding hydrogens is 296 g/mol. The zero-order valence-electron chi connectivity index (χ0n) is 11.2. The van der Waals surface area contributed by atoms with Crippen LogP contribution in [0.4, 0.5) is 4.39 Å². The number of benzene rings is 2. The summed E-state index contributed by atoms with van der Waals surface area (Å²) < 4.78 is 14.0. The molecule has 2 rings (SSSR count). The largest absolute Gasteiger partial charge is 0.310 e. The molecule has 1 nitrogen and oxygen atoms in total. The van der Waals surface area contributed by atoms with Gasteiger partial charge in [-0.3, -0.25) is 0 Å². The average Bonchev–Trinajstić information content (AvgIpc) is 2.43. The summed E-state index contributed by atoms with van der Waals surface area (Å²) in [6, 6.07) is 12.0. The third-order valence-electron chi connectivity index (χ3n) is 3.20. The van der Waals surface area contributed by atoms with Gasteiger partial charge in [0.05, 0.1) is 0 Å². The normalized spacial score (nSPS) is 12.4. The summed E-state index contributed by atoms with van der Waals surface area (Å²) in [6.45, 7) is 2.73. The first-order valence-corrected chi connectivity index (χ1v) is 7.29. The van der Waals surface area contributed by atoms with Crippen molar-refractivity contribution >= 4 is 23.2 Å². The van der Waals surface area contributed by atoms with E-state index in [-0.39, 0.29) is 11.9 Å². The van der Waals surface area contributed by atoms with Gasteiger partial charge in [-0.05, 0) is 36.7 Å². The summed E-state index contributed by atoms with van der Waals surface area (Å²) in [5.41, 5.74) is 1.47. The maximum absolute atomic E-state index is 14.0. The first-order chi connectivity index (χ1) is 9.63. The van der Waals surface area contributed by atoms with E-state index in [1.54, 1.807) is 30.3 Å². The van der Waals surface area contributed by atoms with Crippen molar-refractivity contribution in [3.63, 3.8) is 0 Å². The van der Waals surface area contributed by atoms with Crippen LogP contribution >= 0.6 is 23.2 Å². The first-order valence-electron chi connectivity index (χ1n) is 6.54. The van der Waals surface area contributed by atoms with Gasteiger partial charge < -0.3 is 5.32 Å². The molecule has 0 bridgehead atoms. The third kappa shape index (κ3) is 3.51. The topological polar surface area (TPSA) is 12.0 Å². The van der Waals surface area contributed by atoms with Crippen molar-refractivity contribution in [2.45, 2.75) is 19.4 Å². The Bertz CT molecular complexity index is 566. The summed E-state index contributed by atoms with van der Waals surface area (Å²) in [4.78, 5) is 0. The molecule has 0 aliphatic heterocycles. The number of rotatable bonds is 5. The molecule has 2 aromatic rings. The predicted molar refractivity (Wildman–Crippen MR) is 83.0 cm³/mol. The van der Waals surface area contributed by atoms with Crippen LogP contribution < -0.4 is 5.32 Å². The molecule has 1 atom stereocenters. The Balaban J connectivity index is 2.33. The Morgan fingerprint density at radius 3 is 2.30 bits per heavy atom. The maximum Gasteiger partial charge on any atom is 0.127 e. The highest BCUT2D eigenvalue weighted by Crippen LogP contribution is 2.30. The van der Waals surface area contributed by atoms with Gasteiger partial charge in [-0.15, -0.1) is 0 Å². The summed E-state index contributed by atoms with van der Waals surface area (Å²) in [7, 11) is 0. The predicted octanol–water partition coefficient (Wildman–Crippen LogP) is 5.03. The van der Waals surface area contributed by atoms with Crippen molar-refractivity contribution in [2.75, 3.05) is 6.54 Å². The standard InChI is InChI=1S/C16H16Cl2FN/c1-2-20-16(11-6-3-4-9-15(11)19)10-12-13(17)7-5-8-14(12)18/h3-9,16,20H,2,10H2,1H3. The first kappa shape index (κ1) is 15.3. The SMILES string of the molecule is CCNC(Cc1c(Cl)cccc1Cl)c1ccccc1F. The van der Waals surface area contributed by atoms with Crippen molar-refractivity contribution in [3.05, 3.63) is 69.5 Å². The Hall–Kier alpha value is -1.09. The molecule has 4 heteroatoms. The molecular formula is C16H16Cl2FN. The average molecular weight is 312 g/mol. The van der Waals surface area contributed by atoms with Gasteiger partial charge in [-0.2, -0.15) is 0 Å². The summed E-state index contributed by atoms with van der Waals surface area (Å²) in [5.74, 6) is -0.221. The molecule has 0 aliphatic carbocycles. The lowest BCUT2D eigenvalue weighted by atomic mass is 9.98. The van der Waals surface area contributed by atoms with Gasteiger partial charge in [-0.25, -0.2) is 4.39 Å². The van der Waals surface area contributed by atoms with E-state index >= 15 is 0 Å². The Morgan fingerprint density at radius 2 is 1.70 bits per heavy atom. The molecule has 0 spiro atoms. The fourth-order valence-corrected chi connectivity index (χ4v) is 2.78. The lowest BCUT2D eigenvalue weighted by molar-refractivity contribution is 0.510. The minimum atomic E-state index is -0.221. The van der Waals surface area contributed by atoms with Crippen molar-refractivity contribution < 1.29 is 4.39 Å². The fourth-order valence-electron chi connectivity index (χ4n) is 2.23. The summed E-state index contributed by atoms with van der Waals surface area (Å²) in [6.07, 6.45) is 0.549. The molecule has 20 heavy (non-hydrogen) atoms. The molecule has 0 aliphatic rings. The van der Waals surface area contributed by atoms with Crippen molar-refractivity contribution in [2.24, 2.45) is 0 Å². The molecule has 0 aromatic heterocycles. The molecule has 1 N–H and O–H groups in total. The van der Waals surface area contributed by atoms with E-state index in [1.165, 1.54) is 6.07 Å². The highest BCUT2D eigenvalue weighted by molar-refractivity contribution is 6.36. The van der Waals surface area contributed by atoms with Crippen LogP contribution in [0.15, 0.2) is 42.5 Å². The second-order valence-electron chi connectivity index (χ2n) is 4.54. The Labute approximate surface area is 128 Å². The maximum atomic E-state index is 14.0. The molecule has 106 valence electrons. The monoisotopic (exact) mass is 311 g/mol. The Kier molecular flexibility index (Phi) is 5.41. The van der Waals surface area contributed by atoms with Crippen LogP contribution in [0.1, 0.15) is 24.1 Å². The van der Waals surface area contributed by atoms with E-state index < -0.39 is 0 Å². The second-order valence-corrected chi connectivity index (χ2v) is 5.35. The van der Waals surface area contributed by atoms with Gasteiger partial charge in [0.2, 0.25) is 0 Å². The molecule has 0 heterocycles. The van der Waals surface area contributed by atoms with Gasteiger partial charge in [0.25, 0.3) is 0 Å². The highest BCUT2D eigenvalue weighted by Gasteiger charge is 2.18. The van der Waals surface area contributed by atoms with Gasteiger partial charge in [-0.1, -0.05) is 54.4 Å². The number of halogens is 3. The second kappa shape index (κ2) is 7.07. The Morgan fingerprint density at radius 1 is 1.05 bits per heavy atom. The molecule has 0 amide bonds. The van der Waals surface area contributed by atoms with Crippen molar-refractivity contribution in [3.8, 4) is 0 Å². The lowest BCUT2D eigenvalue weighted by Crippen LogP contribution is -2.24. The third-order valence-corrected chi connectivity index (χ3v) is 3.91. The smallest absolute Gasteiger partial charge is 0.127 e. The zero-order valence-corrected chi connectivity index (χ0v) is 12.7. The minimum absolute atomic E-state index is 0.154. The van der Waals surface area contributed by atoms with Crippen LogP contribution in [-0.4, -0.2) is 6.54 Å². The molecule has 2 aromatic carbocycles. The van der Waals surface area contributed by atoms with Gasteiger partial charge >= 0.3 is 0 Å². The number of hydrogen-bond donors (Lipinski definition) is 1. The summed E-state index contributed by atoms with van der Waals surface area (Å²) in [5, 5.41) is 4.50. The van der Waals surface area contributed by atoms with Gasteiger partial charge in [0.1, 0.15) is 5.82 Å².